The van der Waals surface area contributed by atoms with E-state index in [4.69, 9.17) is 11.6 Å². The molecule has 0 saturated heterocycles. The summed E-state index contributed by atoms with van der Waals surface area (Å²) in [5.74, 6) is -0.0853. The molecule has 1 amide bonds. The SMILES string of the molecule is Cc1ccc(C=C2C(=O)Nc3cc(Cl)ccc32)cc1. The van der Waals surface area contributed by atoms with Gasteiger partial charge < -0.3 is 5.32 Å². The summed E-state index contributed by atoms with van der Waals surface area (Å²) >= 11 is 5.93. The van der Waals surface area contributed by atoms with Gasteiger partial charge in [-0.15, -0.1) is 0 Å². The fourth-order valence-electron chi connectivity index (χ4n) is 2.14. The van der Waals surface area contributed by atoms with Crippen molar-refractivity contribution < 1.29 is 4.79 Å². The molecule has 1 aliphatic rings. The molecule has 3 rings (SSSR count). The molecule has 0 atom stereocenters. The Hall–Kier alpha value is -2.06. The van der Waals surface area contributed by atoms with Crippen LogP contribution in [0.25, 0.3) is 11.6 Å². The number of anilines is 1. The molecule has 1 heterocycles. The fraction of sp³-hybridized carbons (Fsp3) is 0.0625. The maximum absolute atomic E-state index is 12.0. The highest BCUT2D eigenvalue weighted by Gasteiger charge is 2.23. The predicted octanol–water partition coefficient (Wildman–Crippen LogP) is 4.14. The Bertz CT molecular complexity index is 686. The van der Waals surface area contributed by atoms with Crippen LogP contribution in [0.15, 0.2) is 42.5 Å². The van der Waals surface area contributed by atoms with E-state index in [-0.39, 0.29) is 5.91 Å². The van der Waals surface area contributed by atoms with E-state index in [2.05, 4.69) is 5.32 Å². The molecule has 0 aliphatic carbocycles. The average Bonchev–Trinajstić information content (AvgIpc) is 2.68. The van der Waals surface area contributed by atoms with Crippen LogP contribution in [-0.2, 0) is 4.79 Å². The quantitative estimate of drug-likeness (QED) is 0.775. The summed E-state index contributed by atoms with van der Waals surface area (Å²) in [5, 5.41) is 3.45. The first-order valence-corrected chi connectivity index (χ1v) is 6.41. The van der Waals surface area contributed by atoms with Gasteiger partial charge in [0.1, 0.15) is 0 Å². The summed E-state index contributed by atoms with van der Waals surface area (Å²) < 4.78 is 0. The molecule has 0 bridgehead atoms. The number of carbonyl (C=O) groups is 1. The Morgan fingerprint density at radius 2 is 1.84 bits per heavy atom. The van der Waals surface area contributed by atoms with E-state index in [0.717, 1.165) is 16.8 Å². The molecule has 0 unspecified atom stereocenters. The first-order valence-electron chi connectivity index (χ1n) is 6.03. The van der Waals surface area contributed by atoms with E-state index >= 15 is 0 Å². The minimum atomic E-state index is -0.0853. The number of benzene rings is 2. The van der Waals surface area contributed by atoms with E-state index in [1.54, 1.807) is 12.1 Å². The van der Waals surface area contributed by atoms with E-state index < -0.39 is 0 Å². The van der Waals surface area contributed by atoms with Crippen molar-refractivity contribution in [1.82, 2.24) is 0 Å². The lowest BCUT2D eigenvalue weighted by atomic mass is 10.0. The van der Waals surface area contributed by atoms with Crippen LogP contribution in [0.3, 0.4) is 0 Å². The zero-order chi connectivity index (χ0) is 13.4. The van der Waals surface area contributed by atoms with Crippen molar-refractivity contribution in [2.24, 2.45) is 0 Å². The highest BCUT2D eigenvalue weighted by Crippen LogP contribution is 2.34. The van der Waals surface area contributed by atoms with Crippen molar-refractivity contribution in [3.63, 3.8) is 0 Å². The largest absolute Gasteiger partial charge is 0.321 e. The third-order valence-electron chi connectivity index (χ3n) is 3.15. The van der Waals surface area contributed by atoms with Gasteiger partial charge in [0.25, 0.3) is 5.91 Å². The molecule has 1 aliphatic heterocycles. The van der Waals surface area contributed by atoms with Crippen LogP contribution in [0.1, 0.15) is 16.7 Å². The second kappa shape index (κ2) is 4.56. The molecule has 2 aromatic rings. The lowest BCUT2D eigenvalue weighted by Gasteiger charge is -1.99. The summed E-state index contributed by atoms with van der Waals surface area (Å²) in [7, 11) is 0. The third kappa shape index (κ3) is 2.27. The van der Waals surface area contributed by atoms with Gasteiger partial charge in [-0.3, -0.25) is 4.79 Å². The summed E-state index contributed by atoms with van der Waals surface area (Å²) in [6.07, 6.45) is 1.90. The van der Waals surface area contributed by atoms with Crippen LogP contribution < -0.4 is 5.32 Å². The molecule has 0 saturated carbocycles. The number of aryl methyl sites for hydroxylation is 1. The van der Waals surface area contributed by atoms with Crippen molar-refractivity contribution >= 4 is 34.8 Å². The second-order valence-corrected chi connectivity index (χ2v) is 5.05. The first-order chi connectivity index (χ1) is 9.13. The third-order valence-corrected chi connectivity index (χ3v) is 3.39. The normalized spacial score (nSPS) is 15.5. The molecule has 3 heteroatoms. The topological polar surface area (TPSA) is 29.1 Å². The number of fused-ring (bicyclic) bond motifs is 1. The van der Waals surface area contributed by atoms with Gasteiger partial charge in [-0.1, -0.05) is 47.5 Å². The van der Waals surface area contributed by atoms with Crippen molar-refractivity contribution in [3.05, 3.63) is 64.2 Å². The highest BCUT2D eigenvalue weighted by atomic mass is 35.5. The standard InChI is InChI=1S/C16H12ClNO/c1-10-2-4-11(5-3-10)8-14-13-7-6-12(17)9-15(13)18-16(14)19/h2-9H,1H3,(H,18,19). The molecule has 0 aromatic heterocycles. The van der Waals surface area contributed by atoms with Gasteiger partial charge in [0.2, 0.25) is 0 Å². The molecule has 0 radical (unpaired) electrons. The molecule has 0 fully saturated rings. The molecular weight excluding hydrogens is 258 g/mol. The monoisotopic (exact) mass is 269 g/mol. The summed E-state index contributed by atoms with van der Waals surface area (Å²) in [5.41, 5.74) is 4.56. The Kier molecular flexibility index (Phi) is 2.88. The van der Waals surface area contributed by atoms with Gasteiger partial charge in [0.05, 0.1) is 5.69 Å². The van der Waals surface area contributed by atoms with Crippen LogP contribution >= 0.6 is 11.6 Å². The molecule has 94 valence electrons. The van der Waals surface area contributed by atoms with E-state index in [0.29, 0.717) is 10.6 Å². The number of hydrogen-bond donors (Lipinski definition) is 1. The Morgan fingerprint density at radius 3 is 2.58 bits per heavy atom. The number of carbonyl (C=O) groups excluding carboxylic acids is 1. The van der Waals surface area contributed by atoms with Crippen molar-refractivity contribution in [3.8, 4) is 0 Å². The lowest BCUT2D eigenvalue weighted by molar-refractivity contribution is -0.110. The van der Waals surface area contributed by atoms with E-state index in [1.807, 2.05) is 43.3 Å². The first kappa shape index (κ1) is 12.0. The number of rotatable bonds is 1. The van der Waals surface area contributed by atoms with Crippen molar-refractivity contribution in [1.29, 1.82) is 0 Å². The Labute approximate surface area is 116 Å². The zero-order valence-electron chi connectivity index (χ0n) is 10.4. The molecule has 2 nitrogen and oxygen atoms in total. The summed E-state index contributed by atoms with van der Waals surface area (Å²) in [6.45, 7) is 2.04. The number of hydrogen-bond acceptors (Lipinski definition) is 1. The van der Waals surface area contributed by atoms with Crippen LogP contribution in [0.2, 0.25) is 5.02 Å². The summed E-state index contributed by atoms with van der Waals surface area (Å²) in [6, 6.07) is 13.5. The van der Waals surface area contributed by atoms with E-state index in [1.165, 1.54) is 5.56 Å². The number of amides is 1. The molecule has 1 N–H and O–H groups in total. The van der Waals surface area contributed by atoms with Gasteiger partial charge in [-0.05, 0) is 30.7 Å². The van der Waals surface area contributed by atoms with Crippen molar-refractivity contribution in [2.45, 2.75) is 6.92 Å². The Morgan fingerprint density at radius 1 is 1.11 bits per heavy atom. The smallest absolute Gasteiger partial charge is 0.256 e. The summed E-state index contributed by atoms with van der Waals surface area (Å²) in [4.78, 5) is 12.0. The minimum absolute atomic E-state index is 0.0853. The van der Waals surface area contributed by atoms with Crippen LogP contribution in [-0.4, -0.2) is 5.91 Å². The number of halogens is 1. The predicted molar refractivity (Wildman–Crippen MR) is 79.1 cm³/mol. The Balaban J connectivity index is 2.06. The lowest BCUT2D eigenvalue weighted by Crippen LogP contribution is -2.03. The molecular formula is C16H12ClNO. The van der Waals surface area contributed by atoms with Gasteiger partial charge in [0.15, 0.2) is 0 Å². The van der Waals surface area contributed by atoms with Crippen molar-refractivity contribution in [2.75, 3.05) is 5.32 Å². The highest BCUT2D eigenvalue weighted by molar-refractivity contribution is 6.36. The molecule has 19 heavy (non-hydrogen) atoms. The molecule has 0 spiro atoms. The van der Waals surface area contributed by atoms with Crippen LogP contribution in [0, 0.1) is 6.92 Å². The maximum atomic E-state index is 12.0. The van der Waals surface area contributed by atoms with Gasteiger partial charge in [-0.25, -0.2) is 0 Å². The fourth-order valence-corrected chi connectivity index (χ4v) is 2.31. The van der Waals surface area contributed by atoms with Gasteiger partial charge in [0, 0.05) is 16.2 Å². The van der Waals surface area contributed by atoms with Gasteiger partial charge in [-0.2, -0.15) is 0 Å². The molecule has 2 aromatic carbocycles. The minimum Gasteiger partial charge on any atom is -0.321 e. The average molecular weight is 270 g/mol. The van der Waals surface area contributed by atoms with E-state index in [9.17, 15) is 4.79 Å². The van der Waals surface area contributed by atoms with Gasteiger partial charge >= 0.3 is 0 Å². The van der Waals surface area contributed by atoms with Crippen LogP contribution in [0.5, 0.6) is 0 Å². The van der Waals surface area contributed by atoms with Crippen LogP contribution in [0.4, 0.5) is 5.69 Å². The second-order valence-electron chi connectivity index (χ2n) is 4.61. The maximum Gasteiger partial charge on any atom is 0.256 e. The zero-order valence-corrected chi connectivity index (χ0v) is 11.2. The number of nitrogens with one attached hydrogen (secondary N) is 1.